The van der Waals surface area contributed by atoms with E-state index in [1.54, 1.807) is 0 Å². The quantitative estimate of drug-likeness (QED) is 0.429. The average molecular weight is 492 g/mol. The Labute approximate surface area is 216 Å². The third-order valence-electron chi connectivity index (χ3n) is 4.42. The minimum absolute atomic E-state index is 0. The van der Waals surface area contributed by atoms with Crippen LogP contribution in [0.3, 0.4) is 0 Å². The summed E-state index contributed by atoms with van der Waals surface area (Å²) in [7, 11) is 12.1. The molecule has 0 aliphatic carbocycles. The molecule has 0 aliphatic rings. The van der Waals surface area contributed by atoms with E-state index in [0.29, 0.717) is 0 Å². The van der Waals surface area contributed by atoms with Gasteiger partial charge in [0.15, 0.2) is 0 Å². The van der Waals surface area contributed by atoms with Gasteiger partial charge in [-0.2, -0.15) is 55.7 Å². The van der Waals surface area contributed by atoms with Crippen molar-refractivity contribution < 1.29 is 32.7 Å². The van der Waals surface area contributed by atoms with Gasteiger partial charge in [-0.05, 0) is 42.3 Å². The number of nitrogens with zero attached hydrogens (tertiary/aromatic N) is 3. The van der Waals surface area contributed by atoms with E-state index in [2.05, 4.69) is 53.7 Å². The fourth-order valence-electron chi connectivity index (χ4n) is 2.84. The zero-order valence-corrected chi connectivity index (χ0v) is 22.8. The molecule has 31 heavy (non-hydrogen) atoms. The van der Waals surface area contributed by atoms with Crippen LogP contribution in [-0.4, -0.2) is 42.3 Å². The Kier molecular flexibility index (Phi) is 13.7. The van der Waals surface area contributed by atoms with Crippen LogP contribution in [0.1, 0.15) is 16.7 Å². The van der Waals surface area contributed by atoms with Gasteiger partial charge < -0.3 is 14.7 Å². The normalized spacial score (nSPS) is 9.10. The van der Waals surface area contributed by atoms with Crippen LogP contribution in [0.5, 0.6) is 0 Å². The molecule has 0 atom stereocenters. The summed E-state index contributed by atoms with van der Waals surface area (Å²) in [6.45, 7) is 11.7. The first-order valence-electron chi connectivity index (χ1n) is 9.90. The van der Waals surface area contributed by atoms with Crippen molar-refractivity contribution in [2.24, 2.45) is 0 Å². The molecular formula is C27H36N3Y. The van der Waals surface area contributed by atoms with Crippen LogP contribution < -0.4 is 14.7 Å². The van der Waals surface area contributed by atoms with Crippen LogP contribution in [0.4, 0.5) is 17.1 Å². The average Bonchev–Trinajstić information content (AvgIpc) is 2.69. The summed E-state index contributed by atoms with van der Waals surface area (Å²) in [6, 6.07) is 24.2. The molecule has 3 rings (SSSR count). The van der Waals surface area contributed by atoms with Crippen molar-refractivity contribution in [1.82, 2.24) is 0 Å². The van der Waals surface area contributed by atoms with Gasteiger partial charge in [0.2, 0.25) is 0 Å². The van der Waals surface area contributed by atoms with Crippen LogP contribution in [0.25, 0.3) is 0 Å². The van der Waals surface area contributed by atoms with Crippen LogP contribution in [0, 0.1) is 20.8 Å². The molecule has 0 spiro atoms. The molecule has 0 fully saturated rings. The van der Waals surface area contributed by atoms with Gasteiger partial charge in [-0.3, -0.25) is 0 Å². The summed E-state index contributed by atoms with van der Waals surface area (Å²) in [5, 5.41) is 0. The number of hydrogen-bond donors (Lipinski definition) is 0. The maximum atomic E-state index is 3.90. The second-order valence-corrected chi connectivity index (χ2v) is 7.57. The van der Waals surface area contributed by atoms with E-state index in [1.165, 1.54) is 17.1 Å². The molecule has 3 nitrogen and oxygen atoms in total. The molecule has 3 aromatic carbocycles. The predicted octanol–water partition coefficient (Wildman–Crippen LogP) is 5.80. The van der Waals surface area contributed by atoms with E-state index in [1.807, 2.05) is 96.9 Å². The molecule has 0 N–H and O–H groups in total. The van der Waals surface area contributed by atoms with E-state index < -0.39 is 0 Å². The number of benzene rings is 3. The molecule has 0 aliphatic heterocycles. The number of hydrogen-bond acceptors (Lipinski definition) is 3. The Bertz CT molecular complexity index is 771. The molecule has 0 saturated carbocycles. The van der Waals surface area contributed by atoms with Crippen molar-refractivity contribution in [3.05, 3.63) is 110 Å². The largest absolute Gasteiger partial charge is 3.00 e. The smallest absolute Gasteiger partial charge is 0.428 e. The van der Waals surface area contributed by atoms with Gasteiger partial charge in [0.25, 0.3) is 0 Å². The summed E-state index contributed by atoms with van der Waals surface area (Å²) < 4.78 is 0. The van der Waals surface area contributed by atoms with Gasteiger partial charge in [-0.25, -0.2) is 0 Å². The third kappa shape index (κ3) is 10.1. The molecule has 4 heteroatoms. The van der Waals surface area contributed by atoms with Gasteiger partial charge in [-0.15, -0.1) is 18.2 Å². The number of para-hydroxylation sites is 3. The standard InChI is InChI=1S/3C9H12N.Y/c3*1-8-6-4-5-7-9(8)10(2)3;/h3*4-7H,1H2,2-3H3;/q3*-1;+3. The summed E-state index contributed by atoms with van der Waals surface area (Å²) in [4.78, 5) is 6.17. The van der Waals surface area contributed by atoms with E-state index >= 15 is 0 Å². The Morgan fingerprint density at radius 2 is 0.613 bits per heavy atom. The van der Waals surface area contributed by atoms with Gasteiger partial charge in [0.05, 0.1) is 0 Å². The van der Waals surface area contributed by atoms with Crippen molar-refractivity contribution in [3.63, 3.8) is 0 Å². The van der Waals surface area contributed by atoms with Crippen molar-refractivity contribution in [1.29, 1.82) is 0 Å². The zero-order valence-electron chi connectivity index (χ0n) is 20.0. The molecule has 0 aromatic heterocycles. The second kappa shape index (κ2) is 14.7. The van der Waals surface area contributed by atoms with Gasteiger partial charge in [0, 0.05) is 0 Å². The second-order valence-electron chi connectivity index (χ2n) is 7.57. The maximum Gasteiger partial charge on any atom is 3.00 e. The summed E-state index contributed by atoms with van der Waals surface area (Å²) in [6.07, 6.45) is 0. The monoisotopic (exact) mass is 491 g/mol. The fourth-order valence-corrected chi connectivity index (χ4v) is 2.84. The van der Waals surface area contributed by atoms with Crippen molar-refractivity contribution in [2.75, 3.05) is 57.0 Å². The SMILES string of the molecule is [CH2-]c1ccccc1N(C)C.[CH2-]c1ccccc1N(C)C.[CH2-]c1ccccc1N(C)C.[Y+3]. The topological polar surface area (TPSA) is 9.72 Å². The molecule has 0 bridgehead atoms. The summed E-state index contributed by atoms with van der Waals surface area (Å²) in [5.74, 6) is 0. The molecule has 0 saturated heterocycles. The van der Waals surface area contributed by atoms with E-state index in [0.717, 1.165) is 16.7 Å². The van der Waals surface area contributed by atoms with Crippen LogP contribution in [-0.2, 0) is 32.7 Å². The van der Waals surface area contributed by atoms with E-state index in [4.69, 9.17) is 0 Å². The first-order chi connectivity index (χ1) is 14.1. The van der Waals surface area contributed by atoms with E-state index in [9.17, 15) is 0 Å². The van der Waals surface area contributed by atoms with Crippen LogP contribution >= 0.6 is 0 Å². The minimum Gasteiger partial charge on any atom is -0.428 e. The Balaban J connectivity index is 0.000000429. The molecule has 0 heterocycles. The van der Waals surface area contributed by atoms with Gasteiger partial charge in [-0.1, -0.05) is 53.5 Å². The molecule has 0 unspecified atom stereocenters. The van der Waals surface area contributed by atoms with Crippen LogP contribution in [0.15, 0.2) is 72.8 Å². The minimum atomic E-state index is 0. The Hall–Kier alpha value is -2.23. The number of anilines is 3. The Morgan fingerprint density at radius 3 is 0.742 bits per heavy atom. The fraction of sp³-hybridized carbons (Fsp3) is 0.222. The Morgan fingerprint density at radius 1 is 0.419 bits per heavy atom. The number of rotatable bonds is 3. The van der Waals surface area contributed by atoms with Gasteiger partial charge in [0.1, 0.15) is 0 Å². The summed E-state index contributed by atoms with van der Waals surface area (Å²) >= 11 is 0. The first-order valence-corrected chi connectivity index (χ1v) is 9.90. The molecular weight excluding hydrogens is 455 g/mol. The predicted molar refractivity (Wildman–Crippen MR) is 136 cm³/mol. The first kappa shape index (κ1) is 28.8. The van der Waals surface area contributed by atoms with Gasteiger partial charge >= 0.3 is 32.7 Å². The van der Waals surface area contributed by atoms with Crippen molar-refractivity contribution >= 4 is 17.1 Å². The van der Waals surface area contributed by atoms with E-state index in [-0.39, 0.29) is 32.7 Å². The third-order valence-corrected chi connectivity index (χ3v) is 4.42. The van der Waals surface area contributed by atoms with Crippen molar-refractivity contribution in [3.8, 4) is 0 Å². The summed E-state index contributed by atoms with van der Waals surface area (Å²) in [5.41, 5.74) is 6.78. The maximum absolute atomic E-state index is 3.90. The molecule has 162 valence electrons. The molecule has 0 amide bonds. The molecule has 3 aromatic rings. The zero-order chi connectivity index (χ0) is 22.7. The van der Waals surface area contributed by atoms with Crippen molar-refractivity contribution in [2.45, 2.75) is 0 Å². The molecule has 0 radical (unpaired) electrons. The van der Waals surface area contributed by atoms with Crippen LogP contribution in [0.2, 0.25) is 0 Å².